The molecule has 21 heteroatoms. The maximum atomic E-state index is 12.0. The van der Waals surface area contributed by atoms with Crippen molar-refractivity contribution in [1.29, 1.82) is 0 Å². The van der Waals surface area contributed by atoms with Crippen LogP contribution in [0.5, 0.6) is 0 Å². The van der Waals surface area contributed by atoms with Gasteiger partial charge in [0.15, 0.2) is 12.1 Å². The Morgan fingerprint density at radius 3 is 1.19 bits per heavy atom. The van der Waals surface area contributed by atoms with E-state index in [0.717, 1.165) is 69.4 Å². The first-order valence-corrected chi connectivity index (χ1v) is 35.1. The van der Waals surface area contributed by atoms with Gasteiger partial charge in [0, 0.05) is 39.6 Å². The van der Waals surface area contributed by atoms with Crippen LogP contribution in [0, 0.1) is 10.8 Å². The van der Waals surface area contributed by atoms with Crippen LogP contribution in [-0.2, 0) is 44.2 Å². The molecule has 0 aliphatic carbocycles. The fraction of sp³-hybridized carbons (Fsp3) is 0.486. The van der Waals surface area contributed by atoms with Crippen LogP contribution in [0.4, 0.5) is 17.1 Å². The van der Waals surface area contributed by atoms with E-state index in [0.29, 0.717) is 54.4 Å². The van der Waals surface area contributed by atoms with E-state index in [1.54, 1.807) is 4.68 Å². The molecule has 0 saturated heterocycles. The zero-order chi connectivity index (χ0) is 63.6. The zero-order valence-electron chi connectivity index (χ0n) is 55.7. The number of para-hydroxylation sites is 5. The van der Waals surface area contributed by atoms with E-state index in [1.807, 2.05) is 51.3 Å². The molecule has 0 saturated carbocycles. The van der Waals surface area contributed by atoms with E-state index >= 15 is 0 Å². The number of aliphatic imine (C=N–C) groups is 2. The summed E-state index contributed by atoms with van der Waals surface area (Å²) in [5.74, 6) is 2.67. The molecule has 91 heavy (non-hydrogen) atoms. The Morgan fingerprint density at radius 1 is 0.538 bits per heavy atom. The van der Waals surface area contributed by atoms with E-state index in [2.05, 4.69) is 199 Å². The predicted octanol–water partition coefficient (Wildman–Crippen LogP) is 17.8. The van der Waals surface area contributed by atoms with Crippen molar-refractivity contribution in [1.82, 2.24) is 19.6 Å². The molecule has 0 atom stereocenters. The number of fused-ring (bicyclic) bond motifs is 2. The molecule has 2 aromatic heterocycles. The summed E-state index contributed by atoms with van der Waals surface area (Å²) in [6.45, 7) is 42.2. The Balaban J connectivity index is -0.000000305. The number of nitrogens with two attached hydrogens (primary N) is 1. The van der Waals surface area contributed by atoms with Gasteiger partial charge in [-0.1, -0.05) is 244 Å². The van der Waals surface area contributed by atoms with Crippen molar-refractivity contribution >= 4 is 103 Å². The predicted molar refractivity (Wildman–Crippen MR) is 388 cm³/mol. The van der Waals surface area contributed by atoms with Crippen LogP contribution in [-0.4, -0.2) is 82.7 Å². The van der Waals surface area contributed by atoms with Gasteiger partial charge >= 0.3 is 66.7 Å². The standard InChI is InChI=1S/C38H50N4.C14H16N2O2.C12H19N.C4H10O.2CH4.4ClH.2Fe.5H2O/c1-24(2)28-17-14-18-29(25(3)4)36(28)39-22-33-32-16-12-13-21-34(32)42(41-33)23-35(38(9,10)11)40-37-30(26(5)6)19-15-20-31(37)27(7)8;1-14(2,3)13(18)8-16-12-7-5-4-6-10(12)11(9-17)15-16;1-8(2)10-6-5-7-11(9(3)4)12(10)13;1-2-3-4-5;;;;;;;;;;;;;/h12-22,24-27H,23H2,1-11H3;4-7,9H,8H2,1-3H3;5-9H,13H2,1-4H3;5H,2-4H2,1H3;2*1H4;4*1H;;;5*1H2/q;;;;;;;;;;2*+2;;;;;/p-4. The molecule has 0 amide bonds. The fourth-order valence-corrected chi connectivity index (χ4v) is 9.01. The quantitative estimate of drug-likeness (QED) is 0.0410. The first kappa shape index (κ1) is 97.6. The average Bonchev–Trinajstić information content (AvgIpc) is 1.80. The molecular formula is C70H113Cl4Fe2N7O8. The molecule has 2 heterocycles. The van der Waals surface area contributed by atoms with Crippen LogP contribution in [0.15, 0.2) is 113 Å². The van der Waals surface area contributed by atoms with E-state index < -0.39 is 5.41 Å². The topological polar surface area (TPSA) is 298 Å². The molecule has 0 bridgehead atoms. The van der Waals surface area contributed by atoms with Gasteiger partial charge in [0.25, 0.3) is 0 Å². The number of ketones is 1. The molecule has 0 fully saturated rings. The number of aldehydes is 1. The van der Waals surface area contributed by atoms with Gasteiger partial charge in [-0.2, -0.15) is 10.2 Å². The Kier molecular flexibility index (Phi) is 51.7. The second kappa shape index (κ2) is 48.2. The normalized spacial score (nSPS) is 10.9. The number of aliphatic hydroxyl groups excluding tert-OH is 1. The third kappa shape index (κ3) is 30.2. The van der Waals surface area contributed by atoms with Gasteiger partial charge in [0.1, 0.15) is 17.9 Å². The van der Waals surface area contributed by atoms with Crippen molar-refractivity contribution < 1.29 is 68.3 Å². The van der Waals surface area contributed by atoms with Gasteiger partial charge in [-0.05, 0) is 87.4 Å². The summed E-state index contributed by atoms with van der Waals surface area (Å²) in [5, 5.41) is 19.3. The van der Waals surface area contributed by atoms with E-state index in [-0.39, 0.29) is 86.2 Å². The number of anilines is 1. The molecular weight excluding hydrogens is 1320 g/mol. The maximum absolute atomic E-state index is 12.0. The van der Waals surface area contributed by atoms with Gasteiger partial charge in [0.05, 0.1) is 35.2 Å². The number of unbranched alkanes of at least 4 members (excludes halogenated alkanes) is 1. The number of nitrogens with zero attached hydrogens (tertiary/aromatic N) is 6. The van der Waals surface area contributed by atoms with Gasteiger partial charge < -0.3 is 38.2 Å². The SMILES string of the molecule is C.C.CC(C)(C)C(=O)Cn1nc(C=O)c2ccccc21.CC(C)c1cccc(C(C)C)c1N.CC(C)c1cccc(C(C)C)c1N=Cc1nn(CC(=Nc2c(C(C)C)cccc2C(C)C)C(C)(C)C)c2ccccc12.CCCCO.O.O.O.O.O.[Cl][Fe][Cl].[Cl][Fe][Cl]. The number of benzene rings is 5. The number of hydrogen-bond acceptors (Lipinski definition) is 8. The van der Waals surface area contributed by atoms with E-state index in [1.165, 1.54) is 33.4 Å². The van der Waals surface area contributed by atoms with Crippen molar-refractivity contribution in [3.05, 3.63) is 148 Å². The molecule has 13 N–H and O–H groups in total. The van der Waals surface area contributed by atoms with Crippen LogP contribution in [0.25, 0.3) is 21.8 Å². The third-order valence-corrected chi connectivity index (χ3v) is 14.0. The summed E-state index contributed by atoms with van der Waals surface area (Å²) in [5.41, 5.74) is 20.7. The Labute approximate surface area is 575 Å². The third-order valence-electron chi connectivity index (χ3n) is 14.0. The van der Waals surface area contributed by atoms with Crippen LogP contribution in [0.3, 0.4) is 0 Å². The van der Waals surface area contributed by atoms with Crippen molar-refractivity contribution in [2.24, 2.45) is 20.8 Å². The molecule has 5 aromatic carbocycles. The summed E-state index contributed by atoms with van der Waals surface area (Å²) in [4.78, 5) is 33.6. The number of aromatic nitrogens is 4. The molecule has 15 nitrogen and oxygen atoms in total. The first-order chi connectivity index (χ1) is 39.5. The molecule has 7 aromatic rings. The van der Waals surface area contributed by atoms with Gasteiger partial charge in [-0.15, -0.1) is 0 Å². The summed E-state index contributed by atoms with van der Waals surface area (Å²) >= 11 is 0.389. The van der Waals surface area contributed by atoms with Crippen LogP contribution in [0.1, 0.15) is 244 Å². The molecule has 0 aliphatic heterocycles. The number of hydrogen-bond donors (Lipinski definition) is 2. The minimum atomic E-state index is -0.408. The summed E-state index contributed by atoms with van der Waals surface area (Å²) in [6.07, 6.45) is 4.72. The molecule has 520 valence electrons. The van der Waals surface area contributed by atoms with Crippen molar-refractivity contribution in [2.75, 3.05) is 12.3 Å². The summed E-state index contributed by atoms with van der Waals surface area (Å²) in [7, 11) is 19.1. The monoisotopic (exact) mass is 1430 g/mol. The summed E-state index contributed by atoms with van der Waals surface area (Å²) < 4.78 is 3.72. The average molecular weight is 1430 g/mol. The minimum absolute atomic E-state index is 0. The van der Waals surface area contributed by atoms with E-state index in [4.69, 9.17) is 66.3 Å². The van der Waals surface area contributed by atoms with E-state index in [9.17, 15) is 9.59 Å². The first-order valence-electron chi connectivity index (χ1n) is 29.0. The number of rotatable bonds is 16. The number of carbonyl (C=O) groups excluding carboxylic acids is 2. The van der Waals surface area contributed by atoms with Gasteiger partial charge in [0.2, 0.25) is 0 Å². The fourth-order valence-electron chi connectivity index (χ4n) is 9.01. The Hall–Kier alpha value is -4.52. The van der Waals surface area contributed by atoms with Crippen LogP contribution >= 0.6 is 40.4 Å². The Bertz CT molecular complexity index is 3120. The second-order valence-corrected chi connectivity index (χ2v) is 28.2. The summed E-state index contributed by atoms with van der Waals surface area (Å²) in [6, 6.07) is 35.4. The Morgan fingerprint density at radius 2 is 0.868 bits per heavy atom. The molecule has 7 rings (SSSR count). The number of halogens is 4. The van der Waals surface area contributed by atoms with Gasteiger partial charge in [-0.25, -0.2) is 0 Å². The number of aliphatic hydroxyl groups is 1. The van der Waals surface area contributed by atoms with Crippen LogP contribution in [0.2, 0.25) is 0 Å². The number of nitrogen functional groups attached to an aromatic ring is 1. The molecule has 0 unspecified atom stereocenters. The van der Waals surface area contributed by atoms with Crippen molar-refractivity contribution in [2.45, 2.75) is 208 Å². The number of carbonyl (C=O) groups is 2. The molecule has 0 aliphatic rings. The molecule has 0 spiro atoms. The zero-order valence-corrected chi connectivity index (χ0v) is 60.9. The van der Waals surface area contributed by atoms with Crippen molar-refractivity contribution in [3.8, 4) is 0 Å². The van der Waals surface area contributed by atoms with Crippen molar-refractivity contribution in [3.63, 3.8) is 0 Å². The van der Waals surface area contributed by atoms with Crippen LogP contribution < -0.4 is 5.73 Å². The number of Topliss-reactive ketones (excluding diaryl/α,β-unsaturated/α-hetero) is 1. The second-order valence-electron chi connectivity index (χ2n) is 24.5. The molecule has 0 radical (unpaired) electrons. The van der Waals surface area contributed by atoms with Gasteiger partial charge in [-0.3, -0.25) is 28.9 Å².